The summed E-state index contributed by atoms with van der Waals surface area (Å²) in [6.45, 7) is 2.26. The number of hydrogen-bond acceptors (Lipinski definition) is 5. The summed E-state index contributed by atoms with van der Waals surface area (Å²) >= 11 is 0. The molecule has 0 bridgehead atoms. The first kappa shape index (κ1) is 12.9. The van der Waals surface area contributed by atoms with Gasteiger partial charge in [0.15, 0.2) is 15.7 Å². The molecule has 8 heteroatoms. The van der Waals surface area contributed by atoms with Gasteiger partial charge in [-0.15, -0.1) is 0 Å². The summed E-state index contributed by atoms with van der Waals surface area (Å²) in [6, 6.07) is 0.914. The molecular formula is C10H15N3O4S. The third kappa shape index (κ3) is 2.81. The largest absolute Gasteiger partial charge is 0.363 e. The van der Waals surface area contributed by atoms with Crippen LogP contribution in [-0.2, 0) is 9.84 Å². The highest BCUT2D eigenvalue weighted by atomic mass is 32.2. The molecule has 2 heterocycles. The Morgan fingerprint density at radius 1 is 1.67 bits per heavy atom. The van der Waals surface area contributed by atoms with Crippen LogP contribution >= 0.6 is 0 Å². The summed E-state index contributed by atoms with van der Waals surface area (Å²) in [4.78, 5) is 13.5. The van der Waals surface area contributed by atoms with Crippen LogP contribution in [0.15, 0.2) is 16.9 Å². The Bertz CT molecular complexity index is 511. The Hall–Kier alpha value is -1.57. The number of aromatic nitrogens is 1. The number of sulfone groups is 1. The molecule has 2 rings (SSSR count). The number of carbonyl (C=O) groups excluding carboxylic acids is 1. The van der Waals surface area contributed by atoms with E-state index in [4.69, 9.17) is 0 Å². The minimum absolute atomic E-state index is 0.0348. The van der Waals surface area contributed by atoms with Crippen molar-refractivity contribution < 1.29 is 17.7 Å². The molecule has 0 saturated carbocycles. The number of urea groups is 1. The van der Waals surface area contributed by atoms with E-state index in [1.165, 1.54) is 17.2 Å². The first-order chi connectivity index (χ1) is 8.52. The predicted molar refractivity (Wildman–Crippen MR) is 65.0 cm³/mol. The lowest BCUT2D eigenvalue weighted by molar-refractivity contribution is 0.197. The molecule has 7 nitrogen and oxygen atoms in total. The fourth-order valence-corrected chi connectivity index (χ4v) is 3.78. The Morgan fingerprint density at radius 2 is 2.44 bits per heavy atom. The quantitative estimate of drug-likeness (QED) is 0.875. The third-order valence-corrected chi connectivity index (χ3v) is 4.67. The summed E-state index contributed by atoms with van der Waals surface area (Å²) in [5.74, 6) is 0.498. The van der Waals surface area contributed by atoms with Crippen molar-refractivity contribution in [3.8, 4) is 0 Å². The lowest BCUT2D eigenvalue weighted by Gasteiger charge is -2.26. The van der Waals surface area contributed by atoms with Gasteiger partial charge in [0.1, 0.15) is 6.26 Å². The normalized spacial score (nSPS) is 21.7. The van der Waals surface area contributed by atoms with E-state index in [0.717, 1.165) is 0 Å². The zero-order chi connectivity index (χ0) is 13.2. The fraction of sp³-hybridized carbons (Fsp3) is 0.600. The molecule has 1 unspecified atom stereocenters. The number of rotatable bonds is 3. The van der Waals surface area contributed by atoms with Gasteiger partial charge in [-0.1, -0.05) is 5.16 Å². The van der Waals surface area contributed by atoms with Gasteiger partial charge < -0.3 is 9.42 Å². The van der Waals surface area contributed by atoms with E-state index in [1.807, 2.05) is 6.92 Å². The topological polar surface area (TPSA) is 92.5 Å². The fourth-order valence-electron chi connectivity index (χ4n) is 2.05. The van der Waals surface area contributed by atoms with Crippen molar-refractivity contribution in [1.82, 2.24) is 10.1 Å². The highest BCUT2D eigenvalue weighted by Gasteiger charge is 2.34. The minimum atomic E-state index is -3.00. The van der Waals surface area contributed by atoms with Crippen LogP contribution in [0.1, 0.15) is 13.3 Å². The molecule has 1 fully saturated rings. The molecule has 1 saturated heterocycles. The third-order valence-electron chi connectivity index (χ3n) is 2.92. The Kier molecular flexibility index (Phi) is 3.55. The van der Waals surface area contributed by atoms with Crippen molar-refractivity contribution in [2.45, 2.75) is 19.4 Å². The van der Waals surface area contributed by atoms with Crippen LogP contribution in [0.4, 0.5) is 10.6 Å². The molecule has 18 heavy (non-hydrogen) atoms. The van der Waals surface area contributed by atoms with Crippen molar-refractivity contribution in [2.24, 2.45) is 0 Å². The van der Waals surface area contributed by atoms with Crippen LogP contribution in [0, 0.1) is 0 Å². The zero-order valence-corrected chi connectivity index (χ0v) is 10.8. The molecule has 2 amide bonds. The Balaban J connectivity index is 2.03. The summed E-state index contributed by atoms with van der Waals surface area (Å²) in [5, 5.41) is 6.14. The number of carbonyl (C=O) groups is 1. The number of hydrogen-bond donors (Lipinski definition) is 1. The molecule has 0 spiro atoms. The van der Waals surface area contributed by atoms with Gasteiger partial charge in [0, 0.05) is 18.7 Å². The summed E-state index contributed by atoms with van der Waals surface area (Å²) in [7, 11) is -3.00. The molecule has 1 aliphatic heterocycles. The highest BCUT2D eigenvalue weighted by molar-refractivity contribution is 7.91. The summed E-state index contributed by atoms with van der Waals surface area (Å²) in [6.07, 6.45) is 1.84. The molecule has 1 aromatic rings. The molecule has 1 aromatic heterocycles. The van der Waals surface area contributed by atoms with Crippen molar-refractivity contribution in [2.75, 3.05) is 23.4 Å². The second-order valence-corrected chi connectivity index (χ2v) is 6.39. The van der Waals surface area contributed by atoms with Crippen molar-refractivity contribution >= 4 is 21.7 Å². The van der Waals surface area contributed by atoms with Gasteiger partial charge in [-0.25, -0.2) is 13.2 Å². The van der Waals surface area contributed by atoms with Crippen LogP contribution < -0.4 is 5.32 Å². The molecule has 1 N–H and O–H groups in total. The first-order valence-electron chi connectivity index (χ1n) is 5.70. The van der Waals surface area contributed by atoms with Crippen LogP contribution in [-0.4, -0.2) is 48.6 Å². The molecule has 1 atom stereocenters. The molecule has 0 aliphatic carbocycles. The Morgan fingerprint density at radius 3 is 2.94 bits per heavy atom. The van der Waals surface area contributed by atoms with Crippen molar-refractivity contribution in [3.63, 3.8) is 0 Å². The number of amides is 2. The number of nitrogens with one attached hydrogen (secondary N) is 1. The van der Waals surface area contributed by atoms with E-state index in [-0.39, 0.29) is 23.6 Å². The lowest BCUT2D eigenvalue weighted by atomic mass is 10.2. The monoisotopic (exact) mass is 273 g/mol. The average molecular weight is 273 g/mol. The maximum absolute atomic E-state index is 12.0. The first-order valence-corrected chi connectivity index (χ1v) is 7.52. The van der Waals surface area contributed by atoms with E-state index >= 15 is 0 Å². The summed E-state index contributed by atoms with van der Waals surface area (Å²) in [5.41, 5.74) is 0. The molecule has 1 aliphatic rings. The van der Waals surface area contributed by atoms with Gasteiger partial charge in [0.25, 0.3) is 0 Å². The van der Waals surface area contributed by atoms with Crippen LogP contribution in [0.5, 0.6) is 0 Å². The highest BCUT2D eigenvalue weighted by Crippen LogP contribution is 2.18. The van der Waals surface area contributed by atoms with Gasteiger partial charge in [0.05, 0.1) is 11.5 Å². The second-order valence-electron chi connectivity index (χ2n) is 4.16. The molecule has 100 valence electrons. The second kappa shape index (κ2) is 4.97. The van der Waals surface area contributed by atoms with E-state index in [0.29, 0.717) is 18.8 Å². The smallest absolute Gasteiger partial charge is 0.323 e. The van der Waals surface area contributed by atoms with Gasteiger partial charge in [-0.05, 0) is 13.3 Å². The minimum Gasteiger partial charge on any atom is -0.363 e. The van der Waals surface area contributed by atoms with E-state index in [1.54, 1.807) is 0 Å². The zero-order valence-electron chi connectivity index (χ0n) is 10.00. The molecule has 0 aromatic carbocycles. The van der Waals surface area contributed by atoms with Gasteiger partial charge in [-0.2, -0.15) is 0 Å². The Labute approximate surface area is 105 Å². The van der Waals surface area contributed by atoms with Gasteiger partial charge in [0.2, 0.25) is 0 Å². The summed E-state index contributed by atoms with van der Waals surface area (Å²) < 4.78 is 27.4. The number of anilines is 1. The standard InChI is InChI=1S/C10H15N3O4S/c1-2-13(8-4-6-18(15,16)7-8)10(14)11-9-3-5-17-12-9/h3,5,8H,2,4,6-7H2,1H3,(H,11,12,14). The van der Waals surface area contributed by atoms with E-state index in [2.05, 4.69) is 15.0 Å². The number of nitrogens with zero attached hydrogens (tertiary/aromatic N) is 2. The van der Waals surface area contributed by atoms with Crippen molar-refractivity contribution in [1.29, 1.82) is 0 Å². The molecule has 0 radical (unpaired) electrons. The maximum Gasteiger partial charge on any atom is 0.323 e. The van der Waals surface area contributed by atoms with Crippen LogP contribution in [0.3, 0.4) is 0 Å². The molecular weight excluding hydrogens is 258 g/mol. The predicted octanol–water partition coefficient (Wildman–Crippen LogP) is 0.716. The lowest BCUT2D eigenvalue weighted by Crippen LogP contribution is -2.43. The van der Waals surface area contributed by atoms with Crippen molar-refractivity contribution in [3.05, 3.63) is 12.3 Å². The maximum atomic E-state index is 12.0. The van der Waals surface area contributed by atoms with Crippen LogP contribution in [0.2, 0.25) is 0 Å². The average Bonchev–Trinajstić information content (AvgIpc) is 2.89. The van der Waals surface area contributed by atoms with Gasteiger partial charge >= 0.3 is 6.03 Å². The van der Waals surface area contributed by atoms with Crippen LogP contribution in [0.25, 0.3) is 0 Å². The van der Waals surface area contributed by atoms with E-state index < -0.39 is 9.84 Å². The van der Waals surface area contributed by atoms with E-state index in [9.17, 15) is 13.2 Å². The van der Waals surface area contributed by atoms with Gasteiger partial charge in [-0.3, -0.25) is 5.32 Å². The SMILES string of the molecule is CCN(C(=O)Nc1ccon1)C1CCS(=O)(=O)C1.